The Morgan fingerprint density at radius 1 is 0.632 bits per heavy atom. The minimum atomic E-state index is -1.21. The van der Waals surface area contributed by atoms with Crippen LogP contribution in [0.25, 0.3) is 4.95 Å². The van der Waals surface area contributed by atoms with E-state index in [2.05, 4.69) is 46.8 Å². The lowest BCUT2D eigenvalue weighted by Crippen LogP contribution is -2.20. The Hall–Kier alpha value is -6.98. The largest absolute Gasteiger partial charge is 0.485 e. The lowest BCUT2D eigenvalue weighted by Gasteiger charge is -2.26. The van der Waals surface area contributed by atoms with E-state index in [1.165, 1.54) is 0 Å². The molecular weight excluding hydrogens is 727 g/mol. The quantitative estimate of drug-likeness (QED) is 0.0699. The fraction of sp³-hybridized carbons (Fsp3) is 0.146. The van der Waals surface area contributed by atoms with Gasteiger partial charge in [-0.1, -0.05) is 97.1 Å². The topological polar surface area (TPSA) is 83.1 Å². The summed E-state index contributed by atoms with van der Waals surface area (Å²) in [6.45, 7) is 17.0. The standard InChI is InChI=1S/C22H16N2O2.C21H16O3.C5H11NSi/c1-23-24-20-15-22(16-8-4-2-5-9-16)26-21-13-12-18(14-19(20)21)25-17-10-6-3-7-11-17;22-19-14-21(15-7-3-1-4-8-15)24-20-12-11-17(13-18(19)20)23-16-9-5-2-6-10-16;1-5-6-7(2,3)4/h2-14,22H,15H2;1-13,21H,14H2;1H2,2-4H3/b24-20-;;. The van der Waals surface area contributed by atoms with Crippen molar-refractivity contribution in [1.82, 2.24) is 0 Å². The van der Waals surface area contributed by atoms with Crippen LogP contribution in [0.2, 0.25) is 19.6 Å². The van der Waals surface area contributed by atoms with Crippen molar-refractivity contribution in [1.29, 1.82) is 0 Å². The predicted molar refractivity (Wildman–Crippen MR) is 229 cm³/mol. The molecule has 0 saturated carbocycles. The molecule has 0 bridgehead atoms. The van der Waals surface area contributed by atoms with Crippen LogP contribution in [0, 0.1) is 6.57 Å². The van der Waals surface area contributed by atoms with Gasteiger partial charge in [-0.2, -0.15) is 6.57 Å². The number of hydrogen-bond donors (Lipinski definition) is 0. The van der Waals surface area contributed by atoms with E-state index in [-0.39, 0.29) is 18.0 Å². The van der Waals surface area contributed by atoms with Gasteiger partial charge in [0.15, 0.2) is 14.0 Å². The number of carbonyl (C=O) groups is 1. The highest BCUT2D eigenvalue weighted by Crippen LogP contribution is 2.39. The molecule has 284 valence electrons. The molecule has 6 aromatic carbocycles. The second kappa shape index (κ2) is 19.1. The summed E-state index contributed by atoms with van der Waals surface area (Å²) in [5.74, 6) is 6.77. The zero-order valence-electron chi connectivity index (χ0n) is 32.2. The lowest BCUT2D eigenvalue weighted by atomic mass is 9.95. The maximum Gasteiger partial charge on any atom is 0.184 e. The molecule has 2 aliphatic heterocycles. The summed E-state index contributed by atoms with van der Waals surface area (Å²) < 4.78 is 27.9. The van der Waals surface area contributed by atoms with Crippen LogP contribution in [0.3, 0.4) is 0 Å². The minimum Gasteiger partial charge on any atom is -0.485 e. The molecule has 2 atom stereocenters. The molecule has 0 aliphatic carbocycles. The summed E-state index contributed by atoms with van der Waals surface area (Å²) in [7, 11) is -1.21. The van der Waals surface area contributed by atoms with Gasteiger partial charge in [0.05, 0.1) is 17.1 Å². The van der Waals surface area contributed by atoms with Crippen LogP contribution in [-0.4, -0.2) is 25.6 Å². The van der Waals surface area contributed by atoms with Crippen molar-refractivity contribution in [3.05, 3.63) is 198 Å². The second-order valence-corrected chi connectivity index (χ2v) is 18.7. The van der Waals surface area contributed by atoms with Gasteiger partial charge in [-0.05, 0) is 104 Å². The highest BCUT2D eigenvalue weighted by Gasteiger charge is 2.29. The van der Waals surface area contributed by atoms with Crippen LogP contribution in [0.1, 0.15) is 52.1 Å². The average molecular weight is 770 g/mol. The number of fused-ring (bicyclic) bond motifs is 2. The summed E-state index contributed by atoms with van der Waals surface area (Å²) in [6, 6.07) is 49.9. The molecule has 0 spiro atoms. The molecule has 57 heavy (non-hydrogen) atoms. The zero-order chi connectivity index (χ0) is 40.0. The van der Waals surface area contributed by atoms with Crippen LogP contribution in [0.4, 0.5) is 0 Å². The third-order valence-corrected chi connectivity index (χ3v) is 9.52. The maximum absolute atomic E-state index is 12.5. The number of carbonyl (C=O) groups excluding carboxylic acids is 1. The van der Waals surface area contributed by atoms with E-state index in [0.717, 1.165) is 28.2 Å². The van der Waals surface area contributed by atoms with E-state index < -0.39 is 8.24 Å². The number of ketones is 1. The molecule has 2 unspecified atom stereocenters. The first-order chi connectivity index (χ1) is 27.7. The van der Waals surface area contributed by atoms with Gasteiger partial charge in [0.1, 0.15) is 52.4 Å². The molecule has 9 heteroatoms. The number of ether oxygens (including phenoxy) is 4. The Bertz CT molecular complexity index is 2390. The summed E-state index contributed by atoms with van der Waals surface area (Å²) in [5, 5.41) is 4.02. The zero-order valence-corrected chi connectivity index (χ0v) is 33.2. The van der Waals surface area contributed by atoms with Crippen molar-refractivity contribution in [3.63, 3.8) is 0 Å². The van der Waals surface area contributed by atoms with Crippen LogP contribution in [-0.2, 0) is 0 Å². The summed E-state index contributed by atoms with van der Waals surface area (Å²) in [5.41, 5.74) is 4.19. The smallest absolute Gasteiger partial charge is 0.184 e. The molecule has 0 aromatic heterocycles. The van der Waals surface area contributed by atoms with Crippen LogP contribution < -0.4 is 18.9 Å². The SMILES string of the molecule is C=C=N[Si](C)(C)C.O=C1CC(c2ccccc2)Oc2ccc(Oc3ccccc3)cc21.[C-]#[N+]/N=C1/CC(c2ccccc2)Oc2ccc(Oc3ccccc3)cc21. The number of hydrogen-bond acceptors (Lipinski definition) is 7. The first-order valence-corrected chi connectivity index (χ1v) is 22.0. The molecule has 8 rings (SSSR count). The van der Waals surface area contributed by atoms with Gasteiger partial charge in [0.25, 0.3) is 0 Å². The van der Waals surface area contributed by atoms with Crippen LogP contribution in [0.5, 0.6) is 34.5 Å². The number of Topliss-reactive ketones (excluding diaryl/α,β-unsaturated/α-hetero) is 1. The molecule has 8 nitrogen and oxygen atoms in total. The fourth-order valence-corrected chi connectivity index (χ4v) is 6.57. The Balaban J connectivity index is 0.000000166. The fourth-order valence-electron chi connectivity index (χ4n) is 6.10. The molecule has 0 saturated heterocycles. The van der Waals surface area contributed by atoms with E-state index in [9.17, 15) is 4.79 Å². The molecule has 0 fully saturated rings. The predicted octanol–water partition coefficient (Wildman–Crippen LogP) is 12.5. The van der Waals surface area contributed by atoms with Crippen molar-refractivity contribution < 1.29 is 23.7 Å². The van der Waals surface area contributed by atoms with Crippen molar-refractivity contribution in [2.24, 2.45) is 9.76 Å². The molecule has 0 radical (unpaired) electrons. The van der Waals surface area contributed by atoms with Gasteiger partial charge in [0, 0.05) is 12.0 Å². The number of nitrogens with zero attached hydrogens (tertiary/aromatic N) is 3. The maximum atomic E-state index is 12.5. The monoisotopic (exact) mass is 769 g/mol. The van der Waals surface area contributed by atoms with E-state index in [1.807, 2.05) is 146 Å². The van der Waals surface area contributed by atoms with Gasteiger partial charge in [-0.3, -0.25) is 9.45 Å². The van der Waals surface area contributed by atoms with Gasteiger partial charge in [-0.25, -0.2) is 0 Å². The first kappa shape index (κ1) is 39.7. The highest BCUT2D eigenvalue weighted by atomic mass is 28.3. The van der Waals surface area contributed by atoms with E-state index >= 15 is 0 Å². The highest BCUT2D eigenvalue weighted by molar-refractivity contribution is 6.75. The average Bonchev–Trinajstić information content (AvgIpc) is 3.23. The van der Waals surface area contributed by atoms with Gasteiger partial charge >= 0.3 is 0 Å². The van der Waals surface area contributed by atoms with Crippen molar-refractivity contribution in [2.75, 3.05) is 0 Å². The molecule has 0 amide bonds. The number of benzene rings is 6. The Morgan fingerprint density at radius 2 is 1.07 bits per heavy atom. The van der Waals surface area contributed by atoms with E-state index in [0.29, 0.717) is 47.1 Å². The number of rotatable bonds is 7. The van der Waals surface area contributed by atoms with Crippen molar-refractivity contribution in [2.45, 2.75) is 44.7 Å². The van der Waals surface area contributed by atoms with Crippen LogP contribution >= 0.6 is 0 Å². The Morgan fingerprint density at radius 3 is 1.51 bits per heavy atom. The van der Waals surface area contributed by atoms with Gasteiger partial charge in [0.2, 0.25) is 0 Å². The molecule has 2 heterocycles. The number of para-hydroxylation sites is 2. The minimum absolute atomic E-state index is 0.0728. The van der Waals surface area contributed by atoms with Gasteiger partial charge < -0.3 is 18.9 Å². The van der Waals surface area contributed by atoms with E-state index in [1.54, 1.807) is 12.1 Å². The van der Waals surface area contributed by atoms with Gasteiger partial charge in [-0.15, -0.1) is 4.95 Å². The molecule has 6 aromatic rings. The summed E-state index contributed by atoms with van der Waals surface area (Å²) in [6.07, 6.45) is 0.511. The Kier molecular flexibility index (Phi) is 13.3. The third-order valence-electron chi connectivity index (χ3n) is 8.69. The molecule has 0 N–H and O–H groups in total. The summed E-state index contributed by atoms with van der Waals surface area (Å²) >= 11 is 0. The normalized spacial score (nSPS) is 15.8. The van der Waals surface area contributed by atoms with Crippen LogP contribution in [0.15, 0.2) is 174 Å². The second-order valence-electron chi connectivity index (χ2n) is 14.1. The Labute approximate surface area is 335 Å². The van der Waals surface area contributed by atoms with E-state index in [4.69, 9.17) is 25.5 Å². The molecular formula is C48H43N3O5Si. The summed E-state index contributed by atoms with van der Waals surface area (Å²) in [4.78, 5) is 15.8. The lowest BCUT2D eigenvalue weighted by molar-refractivity contribution is 0.0849. The molecule has 2 aliphatic rings. The first-order valence-electron chi connectivity index (χ1n) is 18.6. The van der Waals surface area contributed by atoms with Crippen molar-refractivity contribution >= 4 is 25.6 Å². The van der Waals surface area contributed by atoms with Crippen molar-refractivity contribution in [3.8, 4) is 34.5 Å². The third kappa shape index (κ3) is 11.3.